The number of methoxy groups -OCH3 is 3. The number of hydrogen-bond acceptors (Lipinski definition) is 6. The van der Waals surface area contributed by atoms with E-state index in [0.717, 1.165) is 16.7 Å². The third kappa shape index (κ3) is 3.21. The average molecular weight is 386 g/mol. The summed E-state index contributed by atoms with van der Waals surface area (Å²) < 4.78 is 15.9. The monoisotopic (exact) mass is 386 g/mol. The Morgan fingerprint density at radius 2 is 1.62 bits per heavy atom. The van der Waals surface area contributed by atoms with Gasteiger partial charge in [0.1, 0.15) is 17.3 Å². The summed E-state index contributed by atoms with van der Waals surface area (Å²) in [6.07, 6.45) is 3.55. The highest BCUT2D eigenvalue weighted by atomic mass is 16.5. The molecule has 0 fully saturated rings. The lowest BCUT2D eigenvalue weighted by Gasteiger charge is -2.09. The molecule has 0 atom stereocenters. The largest absolute Gasteiger partial charge is 0.495 e. The zero-order valence-electron chi connectivity index (χ0n) is 16.2. The summed E-state index contributed by atoms with van der Waals surface area (Å²) in [6, 6.07) is 13.2. The van der Waals surface area contributed by atoms with Crippen molar-refractivity contribution in [2.45, 2.75) is 0 Å². The van der Waals surface area contributed by atoms with Gasteiger partial charge in [0.05, 0.1) is 38.8 Å². The van der Waals surface area contributed by atoms with Crippen molar-refractivity contribution in [3.8, 4) is 45.7 Å². The van der Waals surface area contributed by atoms with E-state index < -0.39 is 0 Å². The first kappa shape index (κ1) is 18.3. The third-order valence-electron chi connectivity index (χ3n) is 4.69. The molecule has 7 nitrogen and oxygen atoms in total. The number of rotatable bonds is 5. The molecule has 7 heteroatoms. The van der Waals surface area contributed by atoms with Crippen LogP contribution in [0.25, 0.3) is 33.5 Å². The first-order valence-electron chi connectivity index (χ1n) is 8.83. The summed E-state index contributed by atoms with van der Waals surface area (Å²) in [7, 11) is 4.74. The van der Waals surface area contributed by atoms with Crippen molar-refractivity contribution in [1.82, 2.24) is 15.0 Å². The summed E-state index contributed by atoms with van der Waals surface area (Å²) >= 11 is 0. The Bertz CT molecular complexity index is 1240. The van der Waals surface area contributed by atoms with E-state index in [-0.39, 0.29) is 0 Å². The van der Waals surface area contributed by atoms with Gasteiger partial charge in [-0.25, -0.2) is 9.97 Å². The molecule has 0 saturated carbocycles. The minimum absolute atomic E-state index is 0.461. The molecule has 2 heterocycles. The molecule has 144 valence electrons. The van der Waals surface area contributed by atoms with Gasteiger partial charge in [-0.2, -0.15) is 5.26 Å². The summed E-state index contributed by atoms with van der Waals surface area (Å²) in [5.74, 6) is 1.80. The van der Waals surface area contributed by atoms with Crippen LogP contribution in [-0.2, 0) is 0 Å². The molecule has 0 unspecified atom stereocenters. The molecule has 1 N–H and O–H groups in total. The molecule has 0 saturated heterocycles. The highest BCUT2D eigenvalue weighted by molar-refractivity contribution is 5.92. The van der Waals surface area contributed by atoms with Gasteiger partial charge < -0.3 is 19.2 Å². The van der Waals surface area contributed by atoms with Crippen LogP contribution < -0.4 is 14.2 Å². The fraction of sp³-hybridized carbons (Fsp3) is 0.136. The summed E-state index contributed by atoms with van der Waals surface area (Å²) in [5.41, 5.74) is 5.11. The standard InChI is InChI=1S/C22H18N4O3/c1-27-18-6-4-13(8-15(18)10-23)16-11-24-22-21(16)26-17(12-25-22)14-5-7-19(28-2)20(9-14)29-3/h4-9,11-12H,1-3H3,(H,24,25). The minimum atomic E-state index is 0.461. The van der Waals surface area contributed by atoms with Gasteiger partial charge in [0, 0.05) is 17.3 Å². The van der Waals surface area contributed by atoms with Gasteiger partial charge in [-0.1, -0.05) is 6.07 Å². The summed E-state index contributed by atoms with van der Waals surface area (Å²) in [5, 5.41) is 9.38. The van der Waals surface area contributed by atoms with Gasteiger partial charge in [0.25, 0.3) is 0 Å². The maximum atomic E-state index is 9.38. The summed E-state index contributed by atoms with van der Waals surface area (Å²) in [6.45, 7) is 0. The number of aromatic amines is 1. The number of ether oxygens (including phenoxy) is 3. The van der Waals surface area contributed by atoms with Crippen LogP contribution >= 0.6 is 0 Å². The maximum absolute atomic E-state index is 9.38. The SMILES string of the molecule is COc1ccc(-c2c[nH]c3ncc(-c4ccc(OC)c(OC)c4)nc23)cc1C#N. The van der Waals surface area contributed by atoms with Crippen LogP contribution in [0.4, 0.5) is 0 Å². The van der Waals surface area contributed by atoms with E-state index in [1.165, 1.54) is 0 Å². The number of nitrogens with one attached hydrogen (secondary N) is 1. The van der Waals surface area contributed by atoms with Crippen LogP contribution in [0.15, 0.2) is 48.8 Å². The highest BCUT2D eigenvalue weighted by Gasteiger charge is 2.14. The molecule has 0 spiro atoms. The van der Waals surface area contributed by atoms with Crippen LogP contribution in [0.3, 0.4) is 0 Å². The maximum Gasteiger partial charge on any atom is 0.161 e. The van der Waals surface area contributed by atoms with Crippen molar-refractivity contribution >= 4 is 11.2 Å². The molecule has 2 aromatic heterocycles. The van der Waals surface area contributed by atoms with Crippen LogP contribution in [-0.4, -0.2) is 36.3 Å². The predicted molar refractivity (Wildman–Crippen MR) is 109 cm³/mol. The first-order chi connectivity index (χ1) is 14.2. The lowest BCUT2D eigenvalue weighted by molar-refractivity contribution is 0.355. The van der Waals surface area contributed by atoms with Gasteiger partial charge in [0.15, 0.2) is 17.1 Å². The van der Waals surface area contributed by atoms with Crippen LogP contribution in [0.2, 0.25) is 0 Å². The van der Waals surface area contributed by atoms with Gasteiger partial charge in [-0.05, 0) is 35.9 Å². The van der Waals surface area contributed by atoms with Crippen molar-refractivity contribution in [3.63, 3.8) is 0 Å². The molecule has 2 aromatic carbocycles. The Morgan fingerprint density at radius 1 is 0.897 bits per heavy atom. The van der Waals surface area contributed by atoms with E-state index in [1.807, 2.05) is 30.5 Å². The topological polar surface area (TPSA) is 93.1 Å². The number of aromatic nitrogens is 3. The second kappa shape index (κ2) is 7.52. The lowest BCUT2D eigenvalue weighted by atomic mass is 10.0. The van der Waals surface area contributed by atoms with Crippen molar-refractivity contribution < 1.29 is 14.2 Å². The van der Waals surface area contributed by atoms with Crippen molar-refractivity contribution in [1.29, 1.82) is 5.26 Å². The van der Waals surface area contributed by atoms with Gasteiger partial charge >= 0.3 is 0 Å². The first-order valence-corrected chi connectivity index (χ1v) is 8.83. The third-order valence-corrected chi connectivity index (χ3v) is 4.69. The molecule has 0 aliphatic heterocycles. The number of fused-ring (bicyclic) bond motifs is 1. The van der Waals surface area contributed by atoms with Crippen LogP contribution in [0.5, 0.6) is 17.2 Å². The normalized spacial score (nSPS) is 10.6. The number of benzene rings is 2. The van der Waals surface area contributed by atoms with Crippen molar-refractivity contribution in [3.05, 3.63) is 54.4 Å². The Labute approximate surface area is 167 Å². The Hall–Kier alpha value is -4.05. The second-order valence-electron chi connectivity index (χ2n) is 6.25. The molecule has 4 rings (SSSR count). The number of nitriles is 1. The predicted octanol–water partition coefficient (Wildman–Crippen LogP) is 4.19. The molecule has 0 aliphatic rings. The molecule has 0 amide bonds. The zero-order chi connectivity index (χ0) is 20.4. The fourth-order valence-electron chi connectivity index (χ4n) is 3.21. The molecular formula is C22H18N4O3. The van der Waals surface area contributed by atoms with E-state index in [4.69, 9.17) is 19.2 Å². The fourth-order valence-corrected chi connectivity index (χ4v) is 3.21. The van der Waals surface area contributed by atoms with Gasteiger partial charge in [0.2, 0.25) is 0 Å². The summed E-state index contributed by atoms with van der Waals surface area (Å²) in [4.78, 5) is 12.4. The highest BCUT2D eigenvalue weighted by Crippen LogP contribution is 2.34. The van der Waals surface area contributed by atoms with E-state index >= 15 is 0 Å². The Kier molecular flexibility index (Phi) is 4.75. The van der Waals surface area contributed by atoms with E-state index in [9.17, 15) is 5.26 Å². The van der Waals surface area contributed by atoms with E-state index in [0.29, 0.717) is 39.7 Å². The van der Waals surface area contributed by atoms with Crippen molar-refractivity contribution in [2.75, 3.05) is 21.3 Å². The molecule has 29 heavy (non-hydrogen) atoms. The van der Waals surface area contributed by atoms with Crippen LogP contribution in [0.1, 0.15) is 5.56 Å². The second-order valence-corrected chi connectivity index (χ2v) is 6.25. The molecule has 4 aromatic rings. The quantitative estimate of drug-likeness (QED) is 0.553. The van der Waals surface area contributed by atoms with Crippen LogP contribution in [0, 0.1) is 11.3 Å². The zero-order valence-corrected chi connectivity index (χ0v) is 16.2. The molecular weight excluding hydrogens is 368 g/mol. The Balaban J connectivity index is 1.83. The number of hydrogen-bond donors (Lipinski definition) is 1. The Morgan fingerprint density at radius 3 is 2.34 bits per heavy atom. The molecule has 0 radical (unpaired) electrons. The lowest BCUT2D eigenvalue weighted by Crippen LogP contribution is -1.93. The van der Waals surface area contributed by atoms with Gasteiger partial charge in [-0.3, -0.25) is 0 Å². The molecule has 0 bridgehead atoms. The number of nitrogens with zero attached hydrogens (tertiary/aromatic N) is 3. The van der Waals surface area contributed by atoms with E-state index in [1.54, 1.807) is 39.7 Å². The smallest absolute Gasteiger partial charge is 0.161 e. The van der Waals surface area contributed by atoms with E-state index in [2.05, 4.69) is 16.0 Å². The average Bonchev–Trinajstić information content (AvgIpc) is 3.21. The van der Waals surface area contributed by atoms with Gasteiger partial charge in [-0.15, -0.1) is 0 Å². The van der Waals surface area contributed by atoms with Crippen molar-refractivity contribution in [2.24, 2.45) is 0 Å². The minimum Gasteiger partial charge on any atom is -0.495 e. The number of H-pyrrole nitrogens is 1. The molecule has 0 aliphatic carbocycles.